The van der Waals surface area contributed by atoms with Gasteiger partial charge in [-0.1, -0.05) is 0 Å². The highest BCUT2D eigenvalue weighted by atomic mass is 19.2. The molecule has 6 heteroatoms. The lowest BCUT2D eigenvalue weighted by Crippen LogP contribution is -2.25. The maximum Gasteiger partial charge on any atom is 0.249 e. The van der Waals surface area contributed by atoms with Gasteiger partial charge in [0, 0.05) is 19.3 Å². The monoisotopic (exact) mass is 247 g/mol. The van der Waals surface area contributed by atoms with Gasteiger partial charge in [-0.25, -0.2) is 9.37 Å². The summed E-state index contributed by atoms with van der Waals surface area (Å²) in [6.45, 7) is 4.69. The van der Waals surface area contributed by atoms with Crippen molar-refractivity contribution in [1.82, 2.24) is 4.98 Å². The molecular weight excluding hydrogens is 232 g/mol. The number of nitrogens with zero attached hydrogens (tertiary/aromatic N) is 1. The first kappa shape index (κ1) is 13.8. The van der Waals surface area contributed by atoms with Crippen molar-refractivity contribution in [1.29, 1.82) is 0 Å². The molecule has 0 radical (unpaired) electrons. The van der Waals surface area contributed by atoms with Gasteiger partial charge in [0.25, 0.3) is 0 Å². The number of rotatable bonds is 7. The summed E-state index contributed by atoms with van der Waals surface area (Å²) in [5.41, 5.74) is 0. The van der Waals surface area contributed by atoms with E-state index in [1.54, 1.807) is 0 Å². The van der Waals surface area contributed by atoms with Gasteiger partial charge in [0.1, 0.15) is 12.4 Å². The van der Waals surface area contributed by atoms with Crippen molar-refractivity contribution in [3.63, 3.8) is 0 Å². The zero-order valence-electron chi connectivity index (χ0n) is 9.78. The van der Waals surface area contributed by atoms with E-state index in [0.29, 0.717) is 13.2 Å². The van der Waals surface area contributed by atoms with E-state index in [9.17, 15) is 8.78 Å². The molecule has 1 heterocycles. The van der Waals surface area contributed by atoms with E-state index >= 15 is 0 Å². The molecule has 0 aliphatic heterocycles. The molecule has 1 aromatic heterocycles. The van der Waals surface area contributed by atoms with E-state index in [2.05, 4.69) is 4.98 Å². The molecule has 0 bridgehead atoms. The van der Waals surface area contributed by atoms with Crippen LogP contribution < -0.4 is 4.74 Å². The van der Waals surface area contributed by atoms with Crippen molar-refractivity contribution in [3.05, 3.63) is 24.0 Å². The Hall–Kier alpha value is -1.27. The lowest BCUT2D eigenvalue weighted by molar-refractivity contribution is -0.152. The van der Waals surface area contributed by atoms with Crippen LogP contribution in [0.5, 0.6) is 5.75 Å². The minimum Gasteiger partial charge on any atom is -0.487 e. The predicted octanol–water partition coefficient (Wildman–Crippen LogP) is 2.14. The largest absolute Gasteiger partial charge is 0.487 e. The van der Waals surface area contributed by atoms with Gasteiger partial charge in [-0.15, -0.1) is 0 Å². The van der Waals surface area contributed by atoms with Crippen LogP contribution in [0.25, 0.3) is 0 Å². The minimum absolute atomic E-state index is 0.0917. The molecule has 1 rings (SSSR count). The fraction of sp³-hybridized carbons (Fsp3) is 0.545. The highest BCUT2D eigenvalue weighted by Gasteiger charge is 2.10. The molecule has 0 saturated heterocycles. The Kier molecular flexibility index (Phi) is 5.79. The van der Waals surface area contributed by atoms with Gasteiger partial charge >= 0.3 is 0 Å². The number of ether oxygens (including phenoxy) is 3. The Bertz CT molecular complexity index is 343. The van der Waals surface area contributed by atoms with Gasteiger partial charge in [-0.05, 0) is 13.8 Å². The Labute approximate surface area is 98.5 Å². The van der Waals surface area contributed by atoms with Gasteiger partial charge < -0.3 is 14.2 Å². The Morgan fingerprint density at radius 1 is 1.24 bits per heavy atom. The van der Waals surface area contributed by atoms with E-state index < -0.39 is 18.1 Å². The molecule has 0 atom stereocenters. The minimum atomic E-state index is -1.15. The predicted molar refractivity (Wildman–Crippen MR) is 56.7 cm³/mol. The lowest BCUT2D eigenvalue weighted by Gasteiger charge is -2.17. The normalized spacial score (nSPS) is 10.9. The Morgan fingerprint density at radius 2 is 1.88 bits per heavy atom. The summed E-state index contributed by atoms with van der Waals surface area (Å²) in [6.07, 6.45) is 0.575. The molecule has 4 nitrogen and oxygen atoms in total. The van der Waals surface area contributed by atoms with Crippen LogP contribution in [-0.2, 0) is 9.47 Å². The fourth-order valence-corrected chi connectivity index (χ4v) is 1.16. The molecule has 0 saturated carbocycles. The highest BCUT2D eigenvalue weighted by molar-refractivity contribution is 5.17. The average molecular weight is 247 g/mol. The molecule has 0 N–H and O–H groups in total. The molecule has 1 aromatic rings. The number of hydrogen-bond donors (Lipinski definition) is 0. The highest BCUT2D eigenvalue weighted by Crippen LogP contribution is 2.13. The average Bonchev–Trinajstić information content (AvgIpc) is 2.31. The molecule has 0 aliphatic rings. The number of halogens is 2. The molecular formula is C11H15F2NO3. The third kappa shape index (κ3) is 4.62. The third-order valence-corrected chi connectivity index (χ3v) is 1.86. The summed E-state index contributed by atoms with van der Waals surface area (Å²) >= 11 is 0. The number of aromatic nitrogens is 1. The second-order valence-electron chi connectivity index (χ2n) is 3.09. The molecule has 0 fully saturated rings. The first-order chi connectivity index (χ1) is 8.17. The number of hydrogen-bond acceptors (Lipinski definition) is 4. The first-order valence-corrected chi connectivity index (χ1v) is 5.34. The summed E-state index contributed by atoms with van der Waals surface area (Å²) in [6, 6.07) is 0.928. The van der Waals surface area contributed by atoms with Gasteiger partial charge in [0.15, 0.2) is 12.1 Å². The molecule has 0 spiro atoms. The van der Waals surface area contributed by atoms with Crippen LogP contribution in [0, 0.1) is 11.8 Å². The second kappa shape index (κ2) is 7.13. The standard InChI is InChI=1S/C11H15F2NO3/c1-3-15-10(16-4-2)7-17-8-5-9(12)11(13)14-6-8/h5-6,10H,3-4,7H2,1-2H3. The molecule has 96 valence electrons. The maximum absolute atomic E-state index is 12.8. The van der Waals surface area contributed by atoms with E-state index in [-0.39, 0.29) is 12.4 Å². The smallest absolute Gasteiger partial charge is 0.249 e. The lowest BCUT2D eigenvalue weighted by atomic mass is 10.4. The fourth-order valence-electron chi connectivity index (χ4n) is 1.16. The second-order valence-corrected chi connectivity index (χ2v) is 3.09. The first-order valence-electron chi connectivity index (χ1n) is 5.34. The third-order valence-electron chi connectivity index (χ3n) is 1.86. The van der Waals surface area contributed by atoms with Gasteiger partial charge in [-0.2, -0.15) is 4.39 Å². The summed E-state index contributed by atoms with van der Waals surface area (Å²) < 4.78 is 41.0. The molecule has 17 heavy (non-hydrogen) atoms. The van der Waals surface area contributed by atoms with E-state index in [4.69, 9.17) is 14.2 Å². The van der Waals surface area contributed by atoms with Crippen molar-refractivity contribution < 1.29 is 23.0 Å². The Morgan fingerprint density at radius 3 is 2.41 bits per heavy atom. The van der Waals surface area contributed by atoms with Gasteiger partial charge in [0.2, 0.25) is 5.95 Å². The van der Waals surface area contributed by atoms with Crippen LogP contribution >= 0.6 is 0 Å². The Balaban J connectivity index is 2.49. The van der Waals surface area contributed by atoms with Gasteiger partial charge in [0.05, 0.1) is 6.20 Å². The quantitative estimate of drug-likeness (QED) is 0.546. The molecule has 0 aliphatic carbocycles. The van der Waals surface area contributed by atoms with Crippen molar-refractivity contribution in [2.24, 2.45) is 0 Å². The van der Waals surface area contributed by atoms with E-state index in [1.165, 1.54) is 0 Å². The van der Waals surface area contributed by atoms with Crippen LogP contribution in [0.3, 0.4) is 0 Å². The van der Waals surface area contributed by atoms with Gasteiger partial charge in [-0.3, -0.25) is 0 Å². The SMILES string of the molecule is CCOC(COc1cnc(F)c(F)c1)OCC. The van der Waals surface area contributed by atoms with Crippen molar-refractivity contribution in [2.45, 2.75) is 20.1 Å². The molecule has 0 unspecified atom stereocenters. The summed E-state index contributed by atoms with van der Waals surface area (Å²) in [4.78, 5) is 3.20. The van der Waals surface area contributed by atoms with Crippen molar-refractivity contribution >= 4 is 0 Å². The maximum atomic E-state index is 12.8. The van der Waals surface area contributed by atoms with E-state index in [0.717, 1.165) is 12.3 Å². The van der Waals surface area contributed by atoms with Crippen LogP contribution in [-0.4, -0.2) is 31.1 Å². The van der Waals surface area contributed by atoms with E-state index in [1.807, 2.05) is 13.8 Å². The zero-order chi connectivity index (χ0) is 12.7. The number of pyridine rings is 1. The molecule has 0 aromatic carbocycles. The van der Waals surface area contributed by atoms with Crippen molar-refractivity contribution in [3.8, 4) is 5.75 Å². The summed E-state index contributed by atoms with van der Waals surface area (Å²) in [5.74, 6) is -2.07. The topological polar surface area (TPSA) is 40.6 Å². The zero-order valence-corrected chi connectivity index (χ0v) is 9.78. The van der Waals surface area contributed by atoms with Crippen LogP contribution in [0.2, 0.25) is 0 Å². The van der Waals surface area contributed by atoms with Crippen LogP contribution in [0.1, 0.15) is 13.8 Å². The summed E-state index contributed by atoms with van der Waals surface area (Å²) in [5, 5.41) is 0. The van der Waals surface area contributed by atoms with Crippen LogP contribution in [0.15, 0.2) is 12.3 Å². The summed E-state index contributed by atoms with van der Waals surface area (Å²) in [7, 11) is 0. The van der Waals surface area contributed by atoms with Crippen LogP contribution in [0.4, 0.5) is 8.78 Å². The molecule has 0 amide bonds. The van der Waals surface area contributed by atoms with Crippen molar-refractivity contribution in [2.75, 3.05) is 19.8 Å².